The molecule has 1 aliphatic heterocycles. The number of ketones is 1. The fourth-order valence-electron chi connectivity index (χ4n) is 3.41. The van der Waals surface area contributed by atoms with Crippen molar-refractivity contribution in [2.45, 2.75) is 25.6 Å². The summed E-state index contributed by atoms with van der Waals surface area (Å²) in [4.78, 5) is 26.4. The molecule has 2 atom stereocenters. The van der Waals surface area contributed by atoms with Crippen molar-refractivity contribution in [3.05, 3.63) is 70.8 Å². The summed E-state index contributed by atoms with van der Waals surface area (Å²) in [5.41, 5.74) is 3.20. The Morgan fingerprint density at radius 1 is 1.09 bits per heavy atom. The largest absolute Gasteiger partial charge is 0.391 e. The molecule has 0 unspecified atom stereocenters. The summed E-state index contributed by atoms with van der Waals surface area (Å²) in [6, 6.07) is 13.7. The zero-order valence-electron chi connectivity index (χ0n) is 18.1. The minimum atomic E-state index is -1.16. The first-order chi connectivity index (χ1) is 15.5. The molecule has 0 spiro atoms. The van der Waals surface area contributed by atoms with Crippen LogP contribution in [0.1, 0.15) is 34.0 Å². The molecule has 0 bridgehead atoms. The van der Waals surface area contributed by atoms with E-state index >= 15 is 0 Å². The maximum Gasteiger partial charge on any atom is 0.251 e. The lowest BCUT2D eigenvalue weighted by Crippen LogP contribution is -2.48. The Morgan fingerprint density at radius 2 is 1.78 bits per heavy atom. The Kier molecular flexibility index (Phi) is 8.54. The van der Waals surface area contributed by atoms with Gasteiger partial charge in [0, 0.05) is 36.3 Å². The molecule has 0 radical (unpaired) electrons. The number of aliphatic hydroxyl groups is 2. The van der Waals surface area contributed by atoms with Crippen LogP contribution in [0, 0.1) is 11.8 Å². The smallest absolute Gasteiger partial charge is 0.251 e. The highest BCUT2D eigenvalue weighted by molar-refractivity contribution is 5.98. The molecule has 1 aliphatic rings. The Morgan fingerprint density at radius 3 is 2.44 bits per heavy atom. The fourth-order valence-corrected chi connectivity index (χ4v) is 3.41. The minimum absolute atomic E-state index is 0.333. The van der Waals surface area contributed by atoms with Crippen molar-refractivity contribution in [2.75, 3.05) is 32.9 Å². The second-order valence-corrected chi connectivity index (χ2v) is 7.73. The van der Waals surface area contributed by atoms with E-state index in [2.05, 4.69) is 34.2 Å². The molecule has 32 heavy (non-hydrogen) atoms. The number of ether oxygens (including phenoxy) is 1. The number of nitrogens with zero attached hydrogens (tertiary/aromatic N) is 1. The third kappa shape index (κ3) is 6.74. The van der Waals surface area contributed by atoms with Gasteiger partial charge in [-0.05, 0) is 48.9 Å². The zero-order valence-corrected chi connectivity index (χ0v) is 18.1. The SMILES string of the molecule is C[C@@H](O)[C@H](NC(=O)c1ccc(C#Cc2cccc(CN3CCOCC3)c2)cc1)C(=O)CO. The average molecular weight is 437 g/mol. The molecule has 3 rings (SSSR count). The summed E-state index contributed by atoms with van der Waals surface area (Å²) < 4.78 is 5.39. The second-order valence-electron chi connectivity index (χ2n) is 7.73. The first-order valence-electron chi connectivity index (χ1n) is 10.6. The monoisotopic (exact) mass is 436 g/mol. The molecular weight excluding hydrogens is 408 g/mol. The number of carbonyl (C=O) groups excluding carboxylic acids is 2. The number of amides is 1. The predicted molar refractivity (Wildman–Crippen MR) is 120 cm³/mol. The van der Waals surface area contributed by atoms with Crippen LogP contribution in [0.4, 0.5) is 0 Å². The van der Waals surface area contributed by atoms with Gasteiger partial charge in [0.05, 0.1) is 19.3 Å². The van der Waals surface area contributed by atoms with E-state index in [-0.39, 0.29) is 0 Å². The molecule has 2 aromatic rings. The van der Waals surface area contributed by atoms with Gasteiger partial charge < -0.3 is 20.3 Å². The van der Waals surface area contributed by atoms with Crippen LogP contribution in [-0.2, 0) is 16.1 Å². The van der Waals surface area contributed by atoms with Gasteiger partial charge in [0.2, 0.25) is 0 Å². The van der Waals surface area contributed by atoms with Gasteiger partial charge in [0.15, 0.2) is 5.78 Å². The van der Waals surface area contributed by atoms with Crippen LogP contribution in [0.15, 0.2) is 48.5 Å². The maximum absolute atomic E-state index is 12.4. The average Bonchev–Trinajstić information content (AvgIpc) is 2.81. The van der Waals surface area contributed by atoms with E-state index in [0.29, 0.717) is 5.56 Å². The molecule has 7 nitrogen and oxygen atoms in total. The molecule has 0 aliphatic carbocycles. The lowest BCUT2D eigenvalue weighted by atomic mass is 10.1. The Balaban J connectivity index is 1.63. The molecule has 0 aromatic heterocycles. The van der Waals surface area contributed by atoms with Crippen LogP contribution < -0.4 is 5.32 Å². The lowest BCUT2D eigenvalue weighted by molar-refractivity contribution is -0.125. The Hall–Kier alpha value is -3.02. The number of benzene rings is 2. The highest BCUT2D eigenvalue weighted by Crippen LogP contribution is 2.10. The van der Waals surface area contributed by atoms with Gasteiger partial charge >= 0.3 is 0 Å². The van der Waals surface area contributed by atoms with Crippen LogP contribution in [0.5, 0.6) is 0 Å². The molecule has 1 amide bonds. The van der Waals surface area contributed by atoms with E-state index in [9.17, 15) is 14.7 Å². The van der Waals surface area contributed by atoms with Crippen molar-refractivity contribution in [3.8, 4) is 11.8 Å². The van der Waals surface area contributed by atoms with Crippen LogP contribution in [0.2, 0.25) is 0 Å². The molecule has 1 fully saturated rings. The van der Waals surface area contributed by atoms with Crippen molar-refractivity contribution in [3.63, 3.8) is 0 Å². The van der Waals surface area contributed by atoms with Crippen LogP contribution >= 0.6 is 0 Å². The molecule has 1 heterocycles. The quantitative estimate of drug-likeness (QED) is 0.560. The van der Waals surface area contributed by atoms with E-state index in [1.54, 1.807) is 24.3 Å². The van der Waals surface area contributed by atoms with Crippen LogP contribution in [-0.4, -0.2) is 71.9 Å². The highest BCUT2D eigenvalue weighted by Gasteiger charge is 2.25. The number of morpholine rings is 1. The minimum Gasteiger partial charge on any atom is -0.391 e. The van der Waals surface area contributed by atoms with Gasteiger partial charge in [-0.15, -0.1) is 0 Å². The maximum atomic E-state index is 12.4. The summed E-state index contributed by atoms with van der Waals surface area (Å²) in [6.07, 6.45) is -1.11. The third-order valence-corrected chi connectivity index (χ3v) is 5.21. The molecule has 1 saturated heterocycles. The van der Waals surface area contributed by atoms with Gasteiger partial charge in [-0.25, -0.2) is 0 Å². The zero-order chi connectivity index (χ0) is 22.9. The number of rotatable bonds is 7. The first-order valence-corrected chi connectivity index (χ1v) is 10.6. The summed E-state index contributed by atoms with van der Waals surface area (Å²) in [5.74, 6) is 5.11. The lowest BCUT2D eigenvalue weighted by Gasteiger charge is -2.26. The first kappa shape index (κ1) is 23.6. The Bertz CT molecular complexity index is 985. The number of aliphatic hydroxyl groups excluding tert-OH is 2. The van der Waals surface area contributed by atoms with Crippen LogP contribution in [0.25, 0.3) is 0 Å². The van der Waals surface area contributed by atoms with Gasteiger partial charge in [-0.3, -0.25) is 14.5 Å². The van der Waals surface area contributed by atoms with Crippen molar-refractivity contribution < 1.29 is 24.5 Å². The number of Topliss-reactive ketones (excluding diaryl/α,β-unsaturated/α-hetero) is 1. The molecule has 7 heteroatoms. The molecule has 168 valence electrons. The van der Waals surface area contributed by atoms with Gasteiger partial charge in [-0.2, -0.15) is 0 Å². The van der Waals surface area contributed by atoms with E-state index < -0.39 is 30.4 Å². The number of carbonyl (C=O) groups is 2. The predicted octanol–water partition coefficient (Wildman–Crippen LogP) is 0.959. The van der Waals surface area contributed by atoms with Crippen LogP contribution in [0.3, 0.4) is 0 Å². The molecular formula is C25H28N2O5. The van der Waals surface area contributed by atoms with Crippen molar-refractivity contribution in [1.82, 2.24) is 10.2 Å². The standard InChI is InChI=1S/C25H28N2O5/c1-18(29)24(23(30)17-28)26-25(31)22-9-7-19(8-10-22)5-6-20-3-2-4-21(15-20)16-27-11-13-32-14-12-27/h2-4,7-10,15,18,24,28-29H,11-14,16-17H2,1H3,(H,26,31)/t18-,24+/m1/s1. The normalized spacial score (nSPS) is 15.8. The topological polar surface area (TPSA) is 99.1 Å². The number of nitrogens with one attached hydrogen (secondary N) is 1. The van der Waals surface area contributed by atoms with Crippen molar-refractivity contribution in [2.24, 2.45) is 0 Å². The molecule has 0 saturated carbocycles. The summed E-state index contributed by atoms with van der Waals surface area (Å²) in [7, 11) is 0. The summed E-state index contributed by atoms with van der Waals surface area (Å²) in [5, 5.41) is 21.1. The summed E-state index contributed by atoms with van der Waals surface area (Å²) >= 11 is 0. The van der Waals surface area contributed by atoms with Crippen molar-refractivity contribution in [1.29, 1.82) is 0 Å². The van der Waals surface area contributed by atoms with E-state index in [1.165, 1.54) is 12.5 Å². The van der Waals surface area contributed by atoms with E-state index in [0.717, 1.165) is 44.0 Å². The third-order valence-electron chi connectivity index (χ3n) is 5.21. The van der Waals surface area contributed by atoms with E-state index in [1.807, 2.05) is 12.1 Å². The Labute approximate surface area is 188 Å². The molecule has 2 aromatic carbocycles. The fraction of sp³-hybridized carbons (Fsp3) is 0.360. The number of hydrogen-bond acceptors (Lipinski definition) is 6. The van der Waals surface area contributed by atoms with Gasteiger partial charge in [0.1, 0.15) is 12.6 Å². The number of hydrogen-bond donors (Lipinski definition) is 3. The van der Waals surface area contributed by atoms with E-state index in [4.69, 9.17) is 9.84 Å². The highest BCUT2D eigenvalue weighted by atomic mass is 16.5. The summed E-state index contributed by atoms with van der Waals surface area (Å²) in [6.45, 7) is 4.90. The van der Waals surface area contributed by atoms with Gasteiger partial charge in [-0.1, -0.05) is 24.0 Å². The van der Waals surface area contributed by atoms with Gasteiger partial charge in [0.25, 0.3) is 5.91 Å². The second kappa shape index (κ2) is 11.6. The molecule has 3 N–H and O–H groups in total. The van der Waals surface area contributed by atoms with Crippen molar-refractivity contribution >= 4 is 11.7 Å².